The number of imide groups is 1. The van der Waals surface area contributed by atoms with Crippen molar-refractivity contribution in [2.75, 3.05) is 11.4 Å². The molecule has 3 amide bonds. The van der Waals surface area contributed by atoms with E-state index in [9.17, 15) is 32.9 Å². The third kappa shape index (κ3) is 6.45. The number of nitro benzene ring substituents is 1. The monoisotopic (exact) mass is 598 g/mol. The molecule has 0 aliphatic carbocycles. The van der Waals surface area contributed by atoms with Gasteiger partial charge in [0.05, 0.1) is 21.9 Å². The van der Waals surface area contributed by atoms with Crippen LogP contribution >= 0.6 is 11.6 Å². The Balaban J connectivity index is 1.67. The molecule has 1 aliphatic rings. The fourth-order valence-electron chi connectivity index (χ4n) is 4.58. The second kappa shape index (κ2) is 11.8. The number of rotatable bonds is 9. The molecule has 3 aromatic rings. The Labute approximate surface area is 241 Å². The van der Waals surface area contributed by atoms with Crippen molar-refractivity contribution < 1.29 is 27.7 Å². The van der Waals surface area contributed by atoms with Crippen molar-refractivity contribution in [1.29, 1.82) is 0 Å². The van der Waals surface area contributed by atoms with E-state index in [1.165, 1.54) is 41.3 Å². The van der Waals surface area contributed by atoms with Crippen LogP contribution in [-0.4, -0.2) is 48.5 Å². The minimum absolute atomic E-state index is 0.0478. The van der Waals surface area contributed by atoms with E-state index in [0.717, 1.165) is 16.5 Å². The van der Waals surface area contributed by atoms with Crippen molar-refractivity contribution in [1.82, 2.24) is 4.90 Å². The molecule has 0 aromatic heterocycles. The molecular weight excluding hydrogens is 572 g/mol. The number of carbonyl (C=O) groups is 3. The van der Waals surface area contributed by atoms with Gasteiger partial charge in [-0.15, -0.1) is 0 Å². The van der Waals surface area contributed by atoms with Crippen molar-refractivity contribution in [3.63, 3.8) is 0 Å². The maximum Gasteiger partial charge on any atom is 0.288 e. The SMILES string of the molecule is CC(C)c1ccc(N2C(=O)CC(N(CCc3ccc(S(N)(=O)=O)cc3)C(=O)c3ccc(Cl)c([N+](=O)[O-])c3)C2=O)cc1. The Morgan fingerprint density at radius 3 is 2.29 bits per heavy atom. The van der Waals surface area contributed by atoms with Gasteiger partial charge in [0.1, 0.15) is 11.1 Å². The zero-order valence-corrected chi connectivity index (χ0v) is 23.8. The van der Waals surface area contributed by atoms with Crippen LogP contribution in [0.25, 0.3) is 0 Å². The van der Waals surface area contributed by atoms with E-state index >= 15 is 0 Å². The summed E-state index contributed by atoms with van der Waals surface area (Å²) in [7, 11) is -3.90. The standard InChI is InChI=1S/C28H27ClN4O7S/c1-17(2)19-5-8-21(9-6-19)32-26(34)16-25(28(32)36)31(14-13-18-3-10-22(11-4-18)41(30,39)40)27(35)20-7-12-23(29)24(15-20)33(37)38/h3-12,15,17,25H,13-14,16H2,1-2H3,(H2,30,39,40). The van der Waals surface area contributed by atoms with Gasteiger partial charge >= 0.3 is 0 Å². The van der Waals surface area contributed by atoms with E-state index in [1.807, 2.05) is 26.0 Å². The molecule has 0 spiro atoms. The normalized spacial score (nSPS) is 15.4. The van der Waals surface area contributed by atoms with E-state index < -0.39 is 44.4 Å². The molecule has 0 bridgehead atoms. The lowest BCUT2D eigenvalue weighted by atomic mass is 10.0. The summed E-state index contributed by atoms with van der Waals surface area (Å²) in [5.41, 5.74) is 1.48. The molecule has 2 N–H and O–H groups in total. The van der Waals surface area contributed by atoms with Gasteiger partial charge in [0.2, 0.25) is 15.9 Å². The van der Waals surface area contributed by atoms with Crippen LogP contribution in [-0.2, 0) is 26.0 Å². The first-order chi connectivity index (χ1) is 19.3. The van der Waals surface area contributed by atoms with Crippen molar-refractivity contribution in [3.8, 4) is 0 Å². The lowest BCUT2D eigenvalue weighted by molar-refractivity contribution is -0.384. The van der Waals surface area contributed by atoms with Gasteiger partial charge in [0, 0.05) is 18.2 Å². The number of hydrogen-bond acceptors (Lipinski definition) is 7. The van der Waals surface area contributed by atoms with Crippen LogP contribution in [0.15, 0.2) is 71.6 Å². The van der Waals surface area contributed by atoms with Crippen LogP contribution in [0.3, 0.4) is 0 Å². The van der Waals surface area contributed by atoms with Crippen LogP contribution in [0.4, 0.5) is 11.4 Å². The molecule has 1 heterocycles. The lowest BCUT2D eigenvalue weighted by Crippen LogP contribution is -2.46. The second-order valence-corrected chi connectivity index (χ2v) is 11.9. The van der Waals surface area contributed by atoms with E-state index in [-0.39, 0.29) is 40.8 Å². The van der Waals surface area contributed by atoms with Crippen molar-refractivity contribution in [3.05, 3.63) is 98.6 Å². The molecule has 214 valence electrons. The summed E-state index contributed by atoms with van der Waals surface area (Å²) in [5.74, 6) is -1.55. The molecule has 41 heavy (non-hydrogen) atoms. The first-order valence-corrected chi connectivity index (χ1v) is 14.5. The molecule has 1 aliphatic heterocycles. The van der Waals surface area contributed by atoms with E-state index in [2.05, 4.69) is 0 Å². The molecule has 11 nitrogen and oxygen atoms in total. The van der Waals surface area contributed by atoms with Crippen LogP contribution in [0.1, 0.15) is 47.7 Å². The fraction of sp³-hybridized carbons (Fsp3) is 0.250. The third-order valence-electron chi connectivity index (χ3n) is 6.86. The predicted octanol–water partition coefficient (Wildman–Crippen LogP) is 4.04. The molecule has 3 aromatic carbocycles. The minimum atomic E-state index is -3.90. The maximum absolute atomic E-state index is 13.7. The number of primary sulfonamides is 1. The minimum Gasteiger partial charge on any atom is -0.326 e. The number of amides is 3. The van der Waals surface area contributed by atoms with Gasteiger partial charge in [-0.05, 0) is 59.9 Å². The van der Waals surface area contributed by atoms with Crippen LogP contribution in [0.5, 0.6) is 0 Å². The van der Waals surface area contributed by atoms with Crippen molar-refractivity contribution in [2.24, 2.45) is 5.14 Å². The average Bonchev–Trinajstić information content (AvgIpc) is 3.21. The summed E-state index contributed by atoms with van der Waals surface area (Å²) in [6.45, 7) is 3.99. The van der Waals surface area contributed by atoms with Crippen LogP contribution in [0.2, 0.25) is 5.02 Å². The van der Waals surface area contributed by atoms with Crippen molar-refractivity contribution in [2.45, 2.75) is 43.5 Å². The van der Waals surface area contributed by atoms with Gasteiger partial charge in [-0.1, -0.05) is 49.7 Å². The molecule has 4 rings (SSSR count). The highest BCUT2D eigenvalue weighted by atomic mass is 35.5. The number of nitro groups is 1. The molecule has 1 atom stereocenters. The molecular formula is C28H27ClN4O7S. The van der Waals surface area contributed by atoms with Gasteiger partial charge in [0.25, 0.3) is 17.5 Å². The van der Waals surface area contributed by atoms with E-state index in [4.69, 9.17) is 16.7 Å². The number of benzene rings is 3. The topological polar surface area (TPSA) is 161 Å². The number of sulfonamides is 1. The molecule has 1 unspecified atom stereocenters. The second-order valence-electron chi connectivity index (χ2n) is 9.89. The Kier molecular flexibility index (Phi) is 8.57. The number of nitrogens with two attached hydrogens (primary N) is 1. The molecule has 13 heteroatoms. The Bertz CT molecular complexity index is 1620. The largest absolute Gasteiger partial charge is 0.326 e. The smallest absolute Gasteiger partial charge is 0.288 e. The summed E-state index contributed by atoms with van der Waals surface area (Å²) in [6.07, 6.45) is -0.0933. The molecule has 1 fully saturated rings. The van der Waals surface area contributed by atoms with Crippen LogP contribution < -0.4 is 10.0 Å². The number of carbonyl (C=O) groups excluding carboxylic acids is 3. The maximum atomic E-state index is 13.7. The highest BCUT2D eigenvalue weighted by Crippen LogP contribution is 2.30. The highest BCUT2D eigenvalue weighted by molar-refractivity contribution is 7.89. The molecule has 0 saturated carbocycles. The van der Waals surface area contributed by atoms with Gasteiger partial charge in [-0.2, -0.15) is 0 Å². The first kappa shape index (κ1) is 29.8. The van der Waals surface area contributed by atoms with Gasteiger partial charge in [-0.3, -0.25) is 24.5 Å². The Morgan fingerprint density at radius 2 is 1.73 bits per heavy atom. The number of hydrogen-bond donors (Lipinski definition) is 1. The lowest BCUT2D eigenvalue weighted by Gasteiger charge is -2.28. The van der Waals surface area contributed by atoms with E-state index in [0.29, 0.717) is 11.3 Å². The summed E-state index contributed by atoms with van der Waals surface area (Å²) < 4.78 is 23.2. The summed E-state index contributed by atoms with van der Waals surface area (Å²) in [6, 6.07) is 15.1. The Hall–Kier alpha value is -4.13. The summed E-state index contributed by atoms with van der Waals surface area (Å²) >= 11 is 5.92. The molecule has 1 saturated heterocycles. The van der Waals surface area contributed by atoms with Gasteiger partial charge in [-0.25, -0.2) is 18.5 Å². The average molecular weight is 599 g/mol. The Morgan fingerprint density at radius 1 is 1.10 bits per heavy atom. The zero-order valence-electron chi connectivity index (χ0n) is 22.2. The van der Waals surface area contributed by atoms with E-state index in [1.54, 1.807) is 12.1 Å². The van der Waals surface area contributed by atoms with Crippen molar-refractivity contribution >= 4 is 50.7 Å². The zero-order chi connectivity index (χ0) is 30.1. The van der Waals surface area contributed by atoms with Crippen LogP contribution in [0, 0.1) is 10.1 Å². The number of anilines is 1. The quantitative estimate of drug-likeness (QED) is 0.221. The van der Waals surface area contributed by atoms with Gasteiger partial charge < -0.3 is 4.90 Å². The molecule has 0 radical (unpaired) electrons. The fourth-order valence-corrected chi connectivity index (χ4v) is 5.29. The first-order valence-electron chi connectivity index (χ1n) is 12.6. The highest BCUT2D eigenvalue weighted by Gasteiger charge is 2.44. The third-order valence-corrected chi connectivity index (χ3v) is 8.11. The predicted molar refractivity (Wildman–Crippen MR) is 152 cm³/mol. The number of nitrogens with zero attached hydrogens (tertiary/aromatic N) is 3. The summed E-state index contributed by atoms with van der Waals surface area (Å²) in [5, 5.41) is 16.4. The van der Waals surface area contributed by atoms with Gasteiger partial charge in [0.15, 0.2) is 0 Å². The summed E-state index contributed by atoms with van der Waals surface area (Å²) in [4.78, 5) is 53.3. The number of halogens is 1.